The van der Waals surface area contributed by atoms with Gasteiger partial charge in [0.05, 0.1) is 17.6 Å². The summed E-state index contributed by atoms with van der Waals surface area (Å²) in [4.78, 5) is 48.2. The number of nitrogens with zero attached hydrogens (tertiary/aromatic N) is 1. The fourth-order valence-corrected chi connectivity index (χ4v) is 5.03. The predicted octanol–water partition coefficient (Wildman–Crippen LogP) is 6.55. The molecule has 6 nitrogen and oxygen atoms in total. The number of nitrogen functional groups attached to an aromatic ring is 1. The van der Waals surface area contributed by atoms with E-state index in [9.17, 15) is 19.2 Å². The molecule has 3 aromatic rings. The molecule has 1 fully saturated rings. The first-order valence-corrected chi connectivity index (χ1v) is 13.3. The third-order valence-corrected chi connectivity index (χ3v) is 6.94. The monoisotopic (exact) mass is 614 g/mol. The Hall–Kier alpha value is -2.71. The van der Waals surface area contributed by atoms with E-state index in [1.165, 1.54) is 0 Å². The van der Waals surface area contributed by atoms with Crippen LogP contribution >= 0.6 is 31.9 Å². The van der Waals surface area contributed by atoms with Crippen LogP contribution in [0.4, 0.5) is 5.69 Å². The predicted molar refractivity (Wildman–Crippen MR) is 148 cm³/mol. The van der Waals surface area contributed by atoms with E-state index in [4.69, 9.17) is 5.73 Å². The molecule has 0 aliphatic heterocycles. The van der Waals surface area contributed by atoms with Crippen LogP contribution in [0.2, 0.25) is 0 Å². The van der Waals surface area contributed by atoms with Crippen LogP contribution in [0.15, 0.2) is 51.4 Å². The number of anilines is 1. The van der Waals surface area contributed by atoms with E-state index in [0.717, 1.165) is 43.8 Å². The molecule has 8 heteroatoms. The zero-order valence-corrected chi connectivity index (χ0v) is 23.4. The Morgan fingerprint density at radius 1 is 0.861 bits per heavy atom. The van der Waals surface area contributed by atoms with E-state index in [0.29, 0.717) is 42.3 Å². The Morgan fingerprint density at radius 2 is 1.47 bits per heavy atom. The van der Waals surface area contributed by atoms with Crippen LogP contribution < -0.4 is 5.73 Å². The maximum absolute atomic E-state index is 12.0. The van der Waals surface area contributed by atoms with E-state index < -0.39 is 0 Å². The smallest absolute Gasteiger partial charge is 0.165 e. The minimum absolute atomic E-state index is 0.110. The first kappa shape index (κ1) is 27.9. The van der Waals surface area contributed by atoms with Gasteiger partial charge in [-0.15, -0.1) is 0 Å². The lowest BCUT2D eigenvalue weighted by molar-refractivity contribution is -0.130. The van der Waals surface area contributed by atoms with Gasteiger partial charge >= 0.3 is 0 Å². The lowest BCUT2D eigenvalue weighted by atomic mass is 9.86. The van der Waals surface area contributed by atoms with E-state index in [1.54, 1.807) is 18.2 Å². The van der Waals surface area contributed by atoms with Gasteiger partial charge in [-0.05, 0) is 60.7 Å². The normalized spacial score (nSPS) is 17.4. The first-order valence-electron chi connectivity index (χ1n) is 11.7. The van der Waals surface area contributed by atoms with Crippen LogP contribution in [0.5, 0.6) is 0 Å². The van der Waals surface area contributed by atoms with Gasteiger partial charge in [-0.2, -0.15) is 0 Å². The van der Waals surface area contributed by atoms with Crippen LogP contribution in [0.25, 0.3) is 10.9 Å². The molecule has 0 amide bonds. The molecule has 2 aromatic carbocycles. The molecule has 188 valence electrons. The number of ketones is 3. The molecule has 1 atom stereocenters. The van der Waals surface area contributed by atoms with Crippen molar-refractivity contribution in [3.8, 4) is 0 Å². The molecule has 0 bridgehead atoms. The van der Waals surface area contributed by atoms with Crippen LogP contribution in [-0.2, 0) is 16.0 Å². The Labute approximate surface area is 227 Å². The number of aromatic nitrogens is 1. The van der Waals surface area contributed by atoms with Crippen LogP contribution in [-0.4, -0.2) is 28.6 Å². The zero-order valence-electron chi connectivity index (χ0n) is 20.2. The zero-order chi connectivity index (χ0) is 26.4. The van der Waals surface area contributed by atoms with Gasteiger partial charge in [-0.3, -0.25) is 24.2 Å². The number of aldehydes is 1. The summed E-state index contributed by atoms with van der Waals surface area (Å²) in [6.07, 6.45) is 3.68. The molecule has 1 aromatic heterocycles. The van der Waals surface area contributed by atoms with Crippen molar-refractivity contribution in [1.82, 2.24) is 4.98 Å². The standard InChI is InChI=1S/C14H12BrNO.C7H6BrNO.C7H10O2/c1-8-4-13-11(14(17)5-8)7-9-6-10(15)2-3-12(9)16-13;8-6-1-2-7(9)5(3-6)4-10;1-5-2-6(8)4-7(9)3-5/h2-3,6-8H,4-5H2,1H3;1-4H,9H2;5H,2-4H2,1H3. The van der Waals surface area contributed by atoms with Crippen molar-refractivity contribution in [1.29, 1.82) is 0 Å². The van der Waals surface area contributed by atoms with Gasteiger partial charge < -0.3 is 5.73 Å². The van der Waals surface area contributed by atoms with Crippen molar-refractivity contribution in [3.63, 3.8) is 0 Å². The molecule has 0 spiro atoms. The summed E-state index contributed by atoms with van der Waals surface area (Å²) in [6.45, 7) is 4.04. The van der Waals surface area contributed by atoms with Gasteiger partial charge in [0.25, 0.3) is 0 Å². The summed E-state index contributed by atoms with van der Waals surface area (Å²) >= 11 is 6.66. The molecule has 5 rings (SSSR count). The highest BCUT2D eigenvalue weighted by Crippen LogP contribution is 2.28. The number of carbonyl (C=O) groups is 4. The second kappa shape index (κ2) is 12.5. The third-order valence-electron chi connectivity index (χ3n) is 5.95. The second-order valence-electron chi connectivity index (χ2n) is 9.41. The van der Waals surface area contributed by atoms with Crippen LogP contribution in [0, 0.1) is 11.8 Å². The number of carbonyl (C=O) groups excluding carboxylic acids is 4. The number of fused-ring (bicyclic) bond motifs is 2. The number of hydrogen-bond acceptors (Lipinski definition) is 6. The molecular weight excluding hydrogens is 588 g/mol. The van der Waals surface area contributed by atoms with Gasteiger partial charge in [0.1, 0.15) is 11.6 Å². The summed E-state index contributed by atoms with van der Waals surface area (Å²) < 4.78 is 1.88. The summed E-state index contributed by atoms with van der Waals surface area (Å²) in [6, 6.07) is 13.1. The topological polar surface area (TPSA) is 107 Å². The lowest BCUT2D eigenvalue weighted by Gasteiger charge is -2.19. The van der Waals surface area contributed by atoms with Gasteiger partial charge in [-0.25, -0.2) is 0 Å². The number of nitrogens with two attached hydrogens (primary N) is 1. The van der Waals surface area contributed by atoms with Crippen molar-refractivity contribution in [3.05, 3.63) is 68.2 Å². The highest BCUT2D eigenvalue weighted by atomic mass is 79.9. The molecule has 36 heavy (non-hydrogen) atoms. The minimum Gasteiger partial charge on any atom is -0.398 e. The fraction of sp³-hybridized carbons (Fsp3) is 0.321. The molecule has 1 heterocycles. The van der Waals surface area contributed by atoms with Gasteiger partial charge in [0.15, 0.2) is 12.1 Å². The number of benzene rings is 2. The molecule has 0 saturated heterocycles. The van der Waals surface area contributed by atoms with Crippen molar-refractivity contribution < 1.29 is 19.2 Å². The van der Waals surface area contributed by atoms with Crippen molar-refractivity contribution in [2.75, 3.05) is 5.73 Å². The Bertz CT molecular complexity index is 1310. The number of halogens is 2. The van der Waals surface area contributed by atoms with Crippen molar-refractivity contribution in [2.45, 2.75) is 46.0 Å². The summed E-state index contributed by atoms with van der Waals surface area (Å²) in [5.41, 5.74) is 9.22. The quantitative estimate of drug-likeness (QED) is 0.189. The summed E-state index contributed by atoms with van der Waals surface area (Å²) in [5, 5.41) is 1.03. The van der Waals surface area contributed by atoms with E-state index >= 15 is 0 Å². The fourth-order valence-electron chi connectivity index (χ4n) is 4.27. The molecular formula is C28H28Br2N2O4. The SMILES string of the molecule is CC1CC(=O)CC(=O)C1.CC1CC(=O)c2cc3cc(Br)ccc3nc2C1.Nc1ccc(Br)cc1C=O. The molecule has 2 aliphatic carbocycles. The van der Waals surface area contributed by atoms with Crippen LogP contribution in [0.3, 0.4) is 0 Å². The van der Waals surface area contributed by atoms with E-state index in [-0.39, 0.29) is 23.8 Å². The van der Waals surface area contributed by atoms with E-state index in [2.05, 4.69) is 43.8 Å². The van der Waals surface area contributed by atoms with Crippen LogP contribution in [0.1, 0.15) is 65.9 Å². The Kier molecular flexibility index (Phi) is 9.68. The molecule has 2 aliphatic rings. The molecule has 1 saturated carbocycles. The van der Waals surface area contributed by atoms with Crippen molar-refractivity contribution in [2.24, 2.45) is 11.8 Å². The average molecular weight is 616 g/mol. The molecule has 1 unspecified atom stereocenters. The number of hydrogen-bond donors (Lipinski definition) is 1. The van der Waals surface area contributed by atoms with E-state index in [1.807, 2.05) is 31.2 Å². The van der Waals surface area contributed by atoms with Gasteiger partial charge in [0, 0.05) is 50.4 Å². The lowest BCUT2D eigenvalue weighted by Crippen LogP contribution is -2.20. The summed E-state index contributed by atoms with van der Waals surface area (Å²) in [5.74, 6) is 1.15. The van der Waals surface area contributed by atoms with Crippen molar-refractivity contribution >= 4 is 72.1 Å². The largest absolute Gasteiger partial charge is 0.398 e. The third kappa shape index (κ3) is 7.64. The maximum atomic E-state index is 12.0. The molecule has 2 N–H and O–H groups in total. The second-order valence-corrected chi connectivity index (χ2v) is 11.2. The Balaban J connectivity index is 0.000000163. The maximum Gasteiger partial charge on any atom is 0.165 e. The number of pyridine rings is 1. The average Bonchev–Trinajstić information content (AvgIpc) is 2.79. The van der Waals surface area contributed by atoms with Gasteiger partial charge in [0.2, 0.25) is 0 Å². The molecule has 0 radical (unpaired) electrons. The van der Waals surface area contributed by atoms with Gasteiger partial charge in [-0.1, -0.05) is 45.7 Å². The highest BCUT2D eigenvalue weighted by molar-refractivity contribution is 9.10. The number of rotatable bonds is 1. The number of Topliss-reactive ketones (excluding diaryl/α,β-unsaturated/α-hetero) is 3. The summed E-state index contributed by atoms with van der Waals surface area (Å²) in [7, 11) is 0. The Morgan fingerprint density at radius 3 is 2.08 bits per heavy atom. The minimum atomic E-state index is 0.110. The highest BCUT2D eigenvalue weighted by Gasteiger charge is 2.24. The first-order chi connectivity index (χ1) is 17.0.